The molecule has 40 heavy (non-hydrogen) atoms. The van der Waals surface area contributed by atoms with E-state index in [-0.39, 0.29) is 31.4 Å². The summed E-state index contributed by atoms with van der Waals surface area (Å²) < 4.78 is 42.9. The van der Waals surface area contributed by atoms with Gasteiger partial charge in [0, 0.05) is 25.6 Å². The smallest absolute Gasteiger partial charge is 0.244 e. The Bertz CT molecular complexity index is 1450. The molecule has 212 valence electrons. The highest BCUT2D eigenvalue weighted by Gasteiger charge is 2.33. The molecule has 10 nitrogen and oxygen atoms in total. The molecule has 1 N–H and O–H groups in total. The summed E-state index contributed by atoms with van der Waals surface area (Å²) in [5, 5.41) is 2.83. The number of carbonyl (C=O) groups is 2. The van der Waals surface area contributed by atoms with Gasteiger partial charge in [-0.2, -0.15) is 0 Å². The van der Waals surface area contributed by atoms with E-state index in [4.69, 9.17) is 14.2 Å². The predicted molar refractivity (Wildman–Crippen MR) is 151 cm³/mol. The minimum absolute atomic E-state index is 0.0264. The second-order valence-corrected chi connectivity index (χ2v) is 11.2. The van der Waals surface area contributed by atoms with Crippen LogP contribution in [0.5, 0.6) is 17.2 Å². The zero-order chi connectivity index (χ0) is 28.7. The number of anilines is 1. The van der Waals surface area contributed by atoms with Crippen molar-refractivity contribution in [2.24, 2.45) is 0 Å². The minimum Gasteiger partial charge on any atom is -0.497 e. The number of hydrogen-bond acceptors (Lipinski definition) is 7. The topological polar surface area (TPSA) is 114 Å². The number of methoxy groups -OCH3 is 1. The van der Waals surface area contributed by atoms with Crippen LogP contribution in [0.4, 0.5) is 5.69 Å². The molecular weight excluding hydrogens is 534 g/mol. The molecule has 2 amide bonds. The summed E-state index contributed by atoms with van der Waals surface area (Å²) in [6.07, 6.45) is 1.27. The molecule has 1 heterocycles. The molecule has 1 aliphatic rings. The summed E-state index contributed by atoms with van der Waals surface area (Å²) in [4.78, 5) is 28.9. The Morgan fingerprint density at radius 1 is 0.975 bits per heavy atom. The van der Waals surface area contributed by atoms with Gasteiger partial charge in [0.05, 0.1) is 19.1 Å². The molecule has 3 aromatic rings. The van der Waals surface area contributed by atoms with Gasteiger partial charge in [0.2, 0.25) is 28.6 Å². The van der Waals surface area contributed by atoms with E-state index in [1.165, 1.54) is 11.0 Å². The minimum atomic E-state index is -3.89. The average molecular weight is 568 g/mol. The zero-order valence-electron chi connectivity index (χ0n) is 22.7. The largest absolute Gasteiger partial charge is 0.497 e. The number of carbonyl (C=O) groups excluding carboxylic acids is 2. The molecular formula is C29H33N3O7S. The zero-order valence-corrected chi connectivity index (χ0v) is 23.5. The first kappa shape index (κ1) is 28.8. The first-order valence-corrected chi connectivity index (χ1v) is 14.7. The SMILES string of the molecule is CCNC(=O)[C@H](Cc1ccccc1)N(Cc1cccc(OC)c1)C(=O)CN(c1ccc2c(c1)OCO2)S(C)(=O)=O. The Kier molecular flexibility index (Phi) is 9.15. The lowest BCUT2D eigenvalue weighted by Crippen LogP contribution is -2.53. The van der Waals surface area contributed by atoms with E-state index >= 15 is 0 Å². The fourth-order valence-corrected chi connectivity index (χ4v) is 5.31. The summed E-state index contributed by atoms with van der Waals surface area (Å²) in [6, 6.07) is 20.3. The third-order valence-electron chi connectivity index (χ3n) is 6.43. The van der Waals surface area contributed by atoms with Crippen molar-refractivity contribution in [3.8, 4) is 17.2 Å². The number of nitrogens with zero attached hydrogens (tertiary/aromatic N) is 2. The first-order valence-electron chi connectivity index (χ1n) is 12.8. The van der Waals surface area contributed by atoms with Gasteiger partial charge in [0.15, 0.2) is 11.5 Å². The van der Waals surface area contributed by atoms with Crippen LogP contribution < -0.4 is 23.8 Å². The Balaban J connectivity index is 1.72. The van der Waals surface area contributed by atoms with E-state index < -0.39 is 28.5 Å². The van der Waals surface area contributed by atoms with E-state index in [0.717, 1.165) is 21.7 Å². The van der Waals surface area contributed by atoms with Crippen LogP contribution >= 0.6 is 0 Å². The fourth-order valence-electron chi connectivity index (χ4n) is 4.47. The van der Waals surface area contributed by atoms with Crippen molar-refractivity contribution < 1.29 is 32.2 Å². The number of rotatable bonds is 12. The maximum atomic E-state index is 14.1. The van der Waals surface area contributed by atoms with Crippen LogP contribution in [0.1, 0.15) is 18.1 Å². The number of sulfonamides is 1. The van der Waals surface area contributed by atoms with Gasteiger partial charge in [0.1, 0.15) is 18.3 Å². The van der Waals surface area contributed by atoms with Crippen molar-refractivity contribution in [3.05, 3.63) is 83.9 Å². The number of hydrogen-bond donors (Lipinski definition) is 1. The van der Waals surface area contributed by atoms with Gasteiger partial charge < -0.3 is 24.4 Å². The Labute approximate surface area is 234 Å². The van der Waals surface area contributed by atoms with Crippen molar-refractivity contribution in [1.29, 1.82) is 0 Å². The molecule has 0 spiro atoms. The van der Waals surface area contributed by atoms with E-state index in [1.54, 1.807) is 44.4 Å². The average Bonchev–Trinajstić information content (AvgIpc) is 3.41. The number of likely N-dealkylation sites (N-methyl/N-ethyl adjacent to an activating group) is 1. The standard InChI is InChI=1S/C29H33N3O7S/c1-4-30-29(34)25(16-21-9-6-5-7-10-21)31(18-22-11-8-12-24(15-22)37-2)28(33)19-32(40(3,35)36)23-13-14-26-27(17-23)39-20-38-26/h5-15,17,25H,4,16,18-20H2,1-3H3,(H,30,34)/t25-/m0/s1. The highest BCUT2D eigenvalue weighted by atomic mass is 32.2. The summed E-state index contributed by atoms with van der Waals surface area (Å²) in [6.45, 7) is 1.74. The fraction of sp³-hybridized carbons (Fsp3) is 0.310. The van der Waals surface area contributed by atoms with Gasteiger partial charge in [-0.1, -0.05) is 42.5 Å². The third-order valence-corrected chi connectivity index (χ3v) is 7.57. The molecule has 0 saturated heterocycles. The predicted octanol–water partition coefficient (Wildman–Crippen LogP) is 2.97. The van der Waals surface area contributed by atoms with Gasteiger partial charge in [-0.25, -0.2) is 8.42 Å². The summed E-state index contributed by atoms with van der Waals surface area (Å²) in [5.41, 5.74) is 1.83. The van der Waals surface area contributed by atoms with Gasteiger partial charge in [-0.05, 0) is 42.3 Å². The Hall–Kier alpha value is -4.25. The van der Waals surface area contributed by atoms with Gasteiger partial charge in [-0.3, -0.25) is 13.9 Å². The highest BCUT2D eigenvalue weighted by Crippen LogP contribution is 2.36. The molecule has 0 aliphatic carbocycles. The van der Waals surface area contributed by atoms with E-state index in [2.05, 4.69) is 5.32 Å². The van der Waals surface area contributed by atoms with Crippen LogP contribution in [-0.4, -0.2) is 64.4 Å². The van der Waals surface area contributed by atoms with Crippen molar-refractivity contribution in [2.75, 3.05) is 37.6 Å². The van der Waals surface area contributed by atoms with Gasteiger partial charge in [-0.15, -0.1) is 0 Å². The molecule has 1 aliphatic heterocycles. The molecule has 1 atom stereocenters. The summed E-state index contributed by atoms with van der Waals surface area (Å²) >= 11 is 0. The van der Waals surface area contributed by atoms with Crippen LogP contribution in [-0.2, 0) is 32.6 Å². The molecule has 11 heteroatoms. The quantitative estimate of drug-likeness (QED) is 0.358. The lowest BCUT2D eigenvalue weighted by atomic mass is 10.0. The van der Waals surface area contributed by atoms with E-state index in [9.17, 15) is 18.0 Å². The number of ether oxygens (including phenoxy) is 3. The maximum absolute atomic E-state index is 14.1. The van der Waals surface area contributed by atoms with E-state index in [1.807, 2.05) is 36.4 Å². The van der Waals surface area contributed by atoms with E-state index in [0.29, 0.717) is 23.8 Å². The lowest BCUT2D eigenvalue weighted by molar-refractivity contribution is -0.140. The molecule has 3 aromatic carbocycles. The molecule has 0 aromatic heterocycles. The second kappa shape index (κ2) is 12.7. The Morgan fingerprint density at radius 3 is 2.40 bits per heavy atom. The molecule has 0 bridgehead atoms. The number of amides is 2. The third kappa shape index (κ3) is 7.03. The molecule has 4 rings (SSSR count). The molecule has 0 radical (unpaired) electrons. The van der Waals surface area contributed by atoms with Crippen molar-refractivity contribution in [2.45, 2.75) is 25.9 Å². The van der Waals surface area contributed by atoms with Crippen LogP contribution in [0.2, 0.25) is 0 Å². The highest BCUT2D eigenvalue weighted by molar-refractivity contribution is 7.92. The van der Waals surface area contributed by atoms with Crippen molar-refractivity contribution in [3.63, 3.8) is 0 Å². The first-order chi connectivity index (χ1) is 19.2. The van der Waals surface area contributed by atoms with Crippen LogP contribution in [0.15, 0.2) is 72.8 Å². The maximum Gasteiger partial charge on any atom is 0.244 e. The lowest BCUT2D eigenvalue weighted by Gasteiger charge is -2.33. The number of benzene rings is 3. The van der Waals surface area contributed by atoms with Crippen LogP contribution in [0.25, 0.3) is 0 Å². The monoisotopic (exact) mass is 567 g/mol. The van der Waals surface area contributed by atoms with Gasteiger partial charge in [0.25, 0.3) is 0 Å². The second-order valence-electron chi connectivity index (χ2n) is 9.28. The van der Waals surface area contributed by atoms with Crippen molar-refractivity contribution >= 4 is 27.5 Å². The molecule has 0 fully saturated rings. The normalized spacial score (nSPS) is 12.9. The summed E-state index contributed by atoms with van der Waals surface area (Å²) in [5.74, 6) is 0.591. The van der Waals surface area contributed by atoms with Crippen molar-refractivity contribution in [1.82, 2.24) is 10.2 Å². The number of nitrogens with one attached hydrogen (secondary N) is 1. The molecule has 0 unspecified atom stereocenters. The number of fused-ring (bicyclic) bond motifs is 1. The Morgan fingerprint density at radius 2 is 1.70 bits per heavy atom. The van der Waals surface area contributed by atoms with Crippen LogP contribution in [0.3, 0.4) is 0 Å². The van der Waals surface area contributed by atoms with Crippen LogP contribution in [0, 0.1) is 0 Å². The molecule has 0 saturated carbocycles. The summed E-state index contributed by atoms with van der Waals surface area (Å²) in [7, 11) is -2.35. The van der Waals surface area contributed by atoms with Gasteiger partial charge >= 0.3 is 0 Å².